The van der Waals surface area contributed by atoms with Gasteiger partial charge in [-0.05, 0) is 136 Å². The molecule has 0 saturated carbocycles. The second-order valence-corrected chi connectivity index (χ2v) is 18.3. The first-order chi connectivity index (χ1) is 34.7. The first-order valence-corrected chi connectivity index (χ1v) is 24.1. The highest BCUT2D eigenvalue weighted by atomic mass is 16.3. The van der Waals surface area contributed by atoms with Crippen molar-refractivity contribution >= 4 is 92.9 Å². The van der Waals surface area contributed by atoms with Crippen LogP contribution in [-0.2, 0) is 0 Å². The zero-order valence-electron chi connectivity index (χ0n) is 38.2. The Labute approximate surface area is 405 Å². The minimum absolute atomic E-state index is 0.852. The van der Waals surface area contributed by atoms with Gasteiger partial charge in [0.05, 0.1) is 16.8 Å². The molecule has 0 fully saturated rings. The molecule has 2 nitrogen and oxygen atoms in total. The monoisotopic (exact) mass is 889 g/mol. The van der Waals surface area contributed by atoms with Gasteiger partial charge in [0.1, 0.15) is 11.2 Å². The van der Waals surface area contributed by atoms with E-state index in [4.69, 9.17) is 4.42 Å². The van der Waals surface area contributed by atoms with Crippen LogP contribution in [0.4, 0.5) is 17.1 Å². The largest absolute Gasteiger partial charge is 0.455 e. The molecule has 0 saturated heterocycles. The van der Waals surface area contributed by atoms with Gasteiger partial charge in [-0.1, -0.05) is 212 Å². The van der Waals surface area contributed by atoms with Crippen molar-refractivity contribution in [1.29, 1.82) is 0 Å². The Morgan fingerprint density at radius 3 is 1.53 bits per heavy atom. The molecule has 0 atom stereocenters. The van der Waals surface area contributed by atoms with Crippen LogP contribution >= 0.6 is 0 Å². The van der Waals surface area contributed by atoms with Crippen molar-refractivity contribution in [2.45, 2.75) is 0 Å². The molecule has 13 aromatic carbocycles. The number of para-hydroxylation sites is 2. The highest BCUT2D eigenvalue weighted by molar-refractivity contribution is 6.26. The van der Waals surface area contributed by atoms with E-state index >= 15 is 0 Å². The normalized spacial score (nSPS) is 11.7. The van der Waals surface area contributed by atoms with E-state index in [1.54, 1.807) is 0 Å². The molecule has 1 heterocycles. The number of fused-ring (bicyclic) bond motifs is 12. The standard InChI is InChI=1S/C68H43NO/c1-2-17-44(18-3-1)45-33-35-46(36-34-45)47-20-16-21-50(41-47)69(64-31-14-12-23-52(64)49-37-38-59-56-27-8-7-25-54(56)55-26-9-11-29-58(55)62(59)43-49)65-40-39-60(68-67(65)61-30-13-15-32-66(61)70-68)63-42-48-19-4-5-22-51(48)53-24-6-10-28-57(53)63/h1-43H. The SMILES string of the molecule is c1ccc(-c2ccc(-c3cccc(N(c4ccccc4-c4ccc5c6ccccc6c6ccccc6c5c4)c4ccc(-c5cc6ccccc6c6ccccc56)c5oc6ccccc6c45)c3)cc2)cc1. The fourth-order valence-electron chi connectivity index (χ4n) is 11.2. The maximum atomic E-state index is 7.11. The zero-order valence-corrected chi connectivity index (χ0v) is 38.2. The average Bonchev–Trinajstić information content (AvgIpc) is 3.84. The van der Waals surface area contributed by atoms with Crippen molar-refractivity contribution in [3.05, 3.63) is 261 Å². The highest BCUT2D eigenvalue weighted by Gasteiger charge is 2.25. The van der Waals surface area contributed by atoms with E-state index in [9.17, 15) is 0 Å². The molecule has 0 aliphatic carbocycles. The lowest BCUT2D eigenvalue weighted by Crippen LogP contribution is -2.12. The maximum Gasteiger partial charge on any atom is 0.145 e. The molecule has 0 bridgehead atoms. The first-order valence-electron chi connectivity index (χ1n) is 24.1. The molecule has 0 unspecified atom stereocenters. The highest BCUT2D eigenvalue weighted by Crippen LogP contribution is 2.50. The van der Waals surface area contributed by atoms with Crippen LogP contribution in [0.3, 0.4) is 0 Å². The van der Waals surface area contributed by atoms with Crippen LogP contribution in [0.1, 0.15) is 0 Å². The summed E-state index contributed by atoms with van der Waals surface area (Å²) in [6.07, 6.45) is 0. The van der Waals surface area contributed by atoms with E-state index in [0.717, 1.165) is 72.4 Å². The third-order valence-electron chi connectivity index (χ3n) is 14.4. The third-order valence-corrected chi connectivity index (χ3v) is 14.4. The molecule has 14 aromatic rings. The number of rotatable bonds is 7. The van der Waals surface area contributed by atoms with Gasteiger partial charge in [0, 0.05) is 22.2 Å². The minimum atomic E-state index is 0.852. The van der Waals surface area contributed by atoms with Gasteiger partial charge in [-0.2, -0.15) is 0 Å². The van der Waals surface area contributed by atoms with Crippen LogP contribution < -0.4 is 4.90 Å². The Morgan fingerprint density at radius 2 is 0.786 bits per heavy atom. The van der Waals surface area contributed by atoms with Gasteiger partial charge in [-0.25, -0.2) is 0 Å². The molecule has 0 aliphatic heterocycles. The zero-order chi connectivity index (χ0) is 46.1. The molecule has 0 spiro atoms. The number of nitrogens with zero attached hydrogens (tertiary/aromatic N) is 1. The van der Waals surface area contributed by atoms with Crippen LogP contribution in [0.15, 0.2) is 265 Å². The molecule has 0 aliphatic rings. The summed E-state index contributed by atoms with van der Waals surface area (Å²) < 4.78 is 7.11. The Balaban J connectivity index is 1.02. The van der Waals surface area contributed by atoms with Crippen LogP contribution in [0.5, 0.6) is 0 Å². The Kier molecular flexibility index (Phi) is 9.25. The quantitative estimate of drug-likeness (QED) is 0.148. The summed E-state index contributed by atoms with van der Waals surface area (Å²) in [6, 6.07) is 95.0. The fourth-order valence-corrected chi connectivity index (χ4v) is 11.2. The molecule has 0 N–H and O–H groups in total. The van der Waals surface area contributed by atoms with Crippen molar-refractivity contribution in [3.8, 4) is 44.5 Å². The predicted molar refractivity (Wildman–Crippen MR) is 298 cm³/mol. The van der Waals surface area contributed by atoms with Gasteiger partial charge in [0.25, 0.3) is 0 Å². The number of benzene rings is 13. The molecular formula is C68H43NO. The second kappa shape index (κ2) is 16.2. The molecule has 0 radical (unpaired) electrons. The van der Waals surface area contributed by atoms with Gasteiger partial charge in [0.15, 0.2) is 0 Å². The summed E-state index contributed by atoms with van der Waals surface area (Å²) >= 11 is 0. The van der Waals surface area contributed by atoms with E-state index in [1.807, 2.05) is 0 Å². The van der Waals surface area contributed by atoms with Gasteiger partial charge in [-0.3, -0.25) is 0 Å². The lowest BCUT2D eigenvalue weighted by Gasteiger charge is -2.29. The lowest BCUT2D eigenvalue weighted by molar-refractivity contribution is 0.670. The van der Waals surface area contributed by atoms with Gasteiger partial charge in [0.2, 0.25) is 0 Å². The predicted octanol–water partition coefficient (Wildman–Crippen LogP) is 19.5. The Bertz CT molecular complexity index is 4320. The smallest absolute Gasteiger partial charge is 0.145 e. The molecule has 326 valence electrons. The molecule has 70 heavy (non-hydrogen) atoms. The van der Waals surface area contributed by atoms with E-state index < -0.39 is 0 Å². The topological polar surface area (TPSA) is 16.4 Å². The van der Waals surface area contributed by atoms with E-state index in [1.165, 1.54) is 65.0 Å². The molecular weight excluding hydrogens is 847 g/mol. The number of hydrogen-bond donors (Lipinski definition) is 0. The van der Waals surface area contributed by atoms with Crippen molar-refractivity contribution in [1.82, 2.24) is 0 Å². The number of hydrogen-bond acceptors (Lipinski definition) is 2. The summed E-state index contributed by atoms with van der Waals surface area (Å²) in [7, 11) is 0. The first kappa shape index (κ1) is 39.9. The summed E-state index contributed by atoms with van der Waals surface area (Å²) in [5.41, 5.74) is 14.0. The molecule has 1 aromatic heterocycles. The molecule has 0 amide bonds. The molecule has 14 rings (SSSR count). The molecule has 2 heteroatoms. The van der Waals surface area contributed by atoms with Crippen LogP contribution in [-0.4, -0.2) is 0 Å². The van der Waals surface area contributed by atoms with Crippen LogP contribution in [0.2, 0.25) is 0 Å². The third kappa shape index (κ3) is 6.42. The summed E-state index contributed by atoms with van der Waals surface area (Å²) in [4.78, 5) is 2.46. The van der Waals surface area contributed by atoms with Crippen LogP contribution in [0.25, 0.3) is 120 Å². The van der Waals surface area contributed by atoms with Gasteiger partial charge < -0.3 is 9.32 Å². The van der Waals surface area contributed by atoms with Crippen molar-refractivity contribution in [2.75, 3.05) is 4.90 Å². The Hall–Kier alpha value is -9.24. The number of anilines is 3. The van der Waals surface area contributed by atoms with Crippen LogP contribution in [0, 0.1) is 0 Å². The lowest BCUT2D eigenvalue weighted by atomic mass is 9.91. The maximum absolute atomic E-state index is 7.11. The summed E-state index contributed by atoms with van der Waals surface area (Å²) in [5, 5.41) is 14.5. The Morgan fingerprint density at radius 1 is 0.257 bits per heavy atom. The second-order valence-electron chi connectivity index (χ2n) is 18.3. The summed E-state index contributed by atoms with van der Waals surface area (Å²) in [5.74, 6) is 0. The van der Waals surface area contributed by atoms with E-state index in [2.05, 4.69) is 266 Å². The van der Waals surface area contributed by atoms with Gasteiger partial charge >= 0.3 is 0 Å². The average molecular weight is 890 g/mol. The minimum Gasteiger partial charge on any atom is -0.455 e. The van der Waals surface area contributed by atoms with E-state index in [0.29, 0.717) is 0 Å². The van der Waals surface area contributed by atoms with Crippen molar-refractivity contribution in [2.24, 2.45) is 0 Å². The fraction of sp³-hybridized carbons (Fsp3) is 0. The number of furan rings is 1. The van der Waals surface area contributed by atoms with Gasteiger partial charge in [-0.15, -0.1) is 0 Å². The van der Waals surface area contributed by atoms with E-state index in [-0.39, 0.29) is 0 Å². The summed E-state index contributed by atoms with van der Waals surface area (Å²) in [6.45, 7) is 0. The van der Waals surface area contributed by atoms with Crippen molar-refractivity contribution in [3.63, 3.8) is 0 Å². The van der Waals surface area contributed by atoms with Crippen molar-refractivity contribution < 1.29 is 4.42 Å².